The van der Waals surface area contributed by atoms with Crippen molar-refractivity contribution in [2.75, 3.05) is 0 Å². The van der Waals surface area contributed by atoms with Crippen molar-refractivity contribution in [3.8, 4) is 21.6 Å². The molecule has 1 spiro atoms. The fourth-order valence-corrected chi connectivity index (χ4v) is 13.4. The van der Waals surface area contributed by atoms with Crippen LogP contribution in [0.15, 0.2) is 200 Å². The summed E-state index contributed by atoms with van der Waals surface area (Å²) in [4.78, 5) is 2.87. The quantitative estimate of drug-likeness (QED) is 0.147. The molecule has 8 aromatic rings. The largest absolute Gasteiger partial charge is 0.333 e. The third-order valence-electron chi connectivity index (χ3n) is 15.1. The molecule has 0 N–H and O–H groups in total. The van der Waals surface area contributed by atoms with Crippen LogP contribution < -0.4 is 0 Å². The summed E-state index contributed by atoms with van der Waals surface area (Å²) in [7, 11) is 0. The van der Waals surface area contributed by atoms with Crippen LogP contribution in [-0.2, 0) is 11.8 Å². The number of allylic oxidation sites excluding steroid dienone is 12. The van der Waals surface area contributed by atoms with E-state index in [2.05, 4.69) is 225 Å². The molecule has 0 saturated carbocycles. The SMILES string of the molecule is CC1CC=CC=C1C/C(=C/c1ccc2c(c1)C1(c3ccccc3-c3ccc(C4=CC(C)C(n5c6ccccc6c6ccccc65)C=C4)cc31)c1c-2sc2c1C=CC=CC2)c1ccccc1. The summed E-state index contributed by atoms with van der Waals surface area (Å²) in [5, 5.41) is 2.64. The molecule has 6 aromatic carbocycles. The topological polar surface area (TPSA) is 4.93 Å². The monoisotopic (exact) mass is 851 g/mol. The van der Waals surface area contributed by atoms with Gasteiger partial charge in [-0.05, 0) is 121 Å². The minimum Gasteiger partial charge on any atom is -0.333 e. The summed E-state index contributed by atoms with van der Waals surface area (Å²) < 4.78 is 2.56. The molecule has 4 atom stereocenters. The zero-order valence-electron chi connectivity index (χ0n) is 36.8. The second-order valence-corrected chi connectivity index (χ2v) is 19.9. The lowest BCUT2D eigenvalue weighted by atomic mass is 9.69. The smallest absolute Gasteiger partial charge is 0.0740 e. The Hall–Kier alpha value is -7.00. The van der Waals surface area contributed by atoms with E-state index >= 15 is 0 Å². The maximum absolute atomic E-state index is 2.57. The van der Waals surface area contributed by atoms with Crippen molar-refractivity contribution in [2.24, 2.45) is 11.8 Å². The number of rotatable bonds is 6. The first-order valence-electron chi connectivity index (χ1n) is 23.4. The fraction of sp³-hybridized carbons (Fsp3) is 0.143. The summed E-state index contributed by atoms with van der Waals surface area (Å²) in [6, 6.07) is 53.1. The summed E-state index contributed by atoms with van der Waals surface area (Å²) >= 11 is 2.01. The van der Waals surface area contributed by atoms with Crippen molar-refractivity contribution in [1.29, 1.82) is 0 Å². The number of hydrogen-bond acceptors (Lipinski definition) is 1. The maximum atomic E-state index is 2.57. The standard InChI is InChI=1S/C63H49NS/c1-40-17-9-10-20-44(40)38-47(43-18-5-3-6-19-43)36-42-29-32-52-55(37-42)63(61-53-24-7-4-8-28-60(53)65-62(52)61)54-25-14-11-21-48(54)49-33-30-46(39-56(49)63)45-31-34-57(41(2)35-45)64-58-26-15-12-22-50(58)51-23-13-16-27-59(51)64/h3-16,18-27,29-37,39-41,57H,17,28,38H2,1-2H3/b47-36-. The predicted molar refractivity (Wildman–Crippen MR) is 277 cm³/mol. The van der Waals surface area contributed by atoms with Gasteiger partial charge in [0, 0.05) is 38.0 Å². The second-order valence-electron chi connectivity index (χ2n) is 18.7. The molecule has 0 saturated heterocycles. The highest BCUT2D eigenvalue weighted by Gasteiger charge is 2.54. The Morgan fingerprint density at radius 1 is 0.692 bits per heavy atom. The predicted octanol–water partition coefficient (Wildman–Crippen LogP) is 16.6. The van der Waals surface area contributed by atoms with E-state index in [0.717, 1.165) is 19.3 Å². The highest BCUT2D eigenvalue weighted by molar-refractivity contribution is 7.16. The average Bonchev–Trinajstić information content (AvgIpc) is 3.99. The van der Waals surface area contributed by atoms with E-state index < -0.39 is 5.41 Å². The summed E-state index contributed by atoms with van der Waals surface area (Å²) in [6.45, 7) is 4.76. The van der Waals surface area contributed by atoms with Gasteiger partial charge in [-0.25, -0.2) is 0 Å². The van der Waals surface area contributed by atoms with Gasteiger partial charge in [0.1, 0.15) is 0 Å². The van der Waals surface area contributed by atoms with E-state index in [0.29, 0.717) is 5.92 Å². The number of benzene rings is 6. The van der Waals surface area contributed by atoms with Crippen molar-refractivity contribution >= 4 is 56.4 Å². The minimum absolute atomic E-state index is 0.209. The van der Waals surface area contributed by atoms with Crippen molar-refractivity contribution in [1.82, 2.24) is 4.57 Å². The number of fused-ring (bicyclic) bond motifs is 15. The molecule has 5 aliphatic rings. The van der Waals surface area contributed by atoms with Gasteiger partial charge in [-0.2, -0.15) is 0 Å². The molecule has 0 aliphatic heterocycles. The van der Waals surface area contributed by atoms with Crippen LogP contribution in [0.5, 0.6) is 0 Å². The zero-order chi connectivity index (χ0) is 43.2. The van der Waals surface area contributed by atoms with Gasteiger partial charge in [-0.15, -0.1) is 11.3 Å². The molecule has 4 unspecified atom stereocenters. The molecule has 0 fully saturated rings. The highest BCUT2D eigenvalue weighted by Crippen LogP contribution is 2.66. The molecule has 5 aliphatic carbocycles. The van der Waals surface area contributed by atoms with Gasteiger partial charge in [0.05, 0.1) is 11.5 Å². The molecule has 0 radical (unpaired) electrons. The number of para-hydroxylation sites is 2. The minimum atomic E-state index is -0.469. The van der Waals surface area contributed by atoms with Crippen LogP contribution in [-0.4, -0.2) is 4.57 Å². The van der Waals surface area contributed by atoms with Crippen molar-refractivity contribution in [3.63, 3.8) is 0 Å². The van der Waals surface area contributed by atoms with Gasteiger partial charge in [-0.3, -0.25) is 0 Å². The first-order valence-corrected chi connectivity index (χ1v) is 24.3. The van der Waals surface area contributed by atoms with Crippen LogP contribution in [0, 0.1) is 11.8 Å². The van der Waals surface area contributed by atoms with Crippen molar-refractivity contribution in [3.05, 3.63) is 249 Å². The number of hydrogen-bond donors (Lipinski definition) is 0. The molecule has 2 heterocycles. The molecule has 2 aromatic heterocycles. The van der Waals surface area contributed by atoms with E-state index in [-0.39, 0.29) is 12.0 Å². The van der Waals surface area contributed by atoms with Crippen molar-refractivity contribution in [2.45, 2.75) is 44.6 Å². The first-order chi connectivity index (χ1) is 32.1. The van der Waals surface area contributed by atoms with E-state index in [1.807, 2.05) is 11.3 Å². The number of thiophene rings is 1. The first kappa shape index (κ1) is 38.5. The van der Waals surface area contributed by atoms with Gasteiger partial charge in [0.2, 0.25) is 0 Å². The normalized spacial score (nSPS) is 21.3. The third kappa shape index (κ3) is 5.83. The Kier molecular flexibility index (Phi) is 8.90. The fourth-order valence-electron chi connectivity index (χ4n) is 12.0. The van der Waals surface area contributed by atoms with Crippen LogP contribution >= 0.6 is 11.3 Å². The lowest BCUT2D eigenvalue weighted by molar-refractivity contribution is 0.511. The number of nitrogens with zero attached hydrogens (tertiary/aromatic N) is 1. The lowest BCUT2D eigenvalue weighted by Gasteiger charge is -2.32. The molecule has 65 heavy (non-hydrogen) atoms. The zero-order valence-corrected chi connectivity index (χ0v) is 37.7. The van der Waals surface area contributed by atoms with Crippen LogP contribution in [0.3, 0.4) is 0 Å². The molecule has 0 bridgehead atoms. The van der Waals surface area contributed by atoms with Crippen LogP contribution in [0.4, 0.5) is 0 Å². The molecule has 1 nitrogen and oxygen atoms in total. The molecule has 312 valence electrons. The highest BCUT2D eigenvalue weighted by atomic mass is 32.1. The van der Waals surface area contributed by atoms with Gasteiger partial charge >= 0.3 is 0 Å². The van der Waals surface area contributed by atoms with Crippen LogP contribution in [0.1, 0.15) is 82.1 Å². The van der Waals surface area contributed by atoms with E-state index in [1.165, 1.54) is 109 Å². The summed E-state index contributed by atoms with van der Waals surface area (Å²) in [5.41, 5.74) is 21.2. The lowest BCUT2D eigenvalue weighted by Crippen LogP contribution is -2.27. The van der Waals surface area contributed by atoms with Crippen molar-refractivity contribution < 1.29 is 0 Å². The molecule has 0 amide bonds. The van der Waals surface area contributed by atoms with E-state index in [1.54, 1.807) is 0 Å². The molecule has 13 rings (SSSR count). The van der Waals surface area contributed by atoms with Gasteiger partial charge < -0.3 is 4.57 Å². The van der Waals surface area contributed by atoms with Gasteiger partial charge in [0.15, 0.2) is 0 Å². The van der Waals surface area contributed by atoms with E-state index in [9.17, 15) is 0 Å². The average molecular weight is 852 g/mol. The van der Waals surface area contributed by atoms with Crippen LogP contribution in [0.25, 0.3) is 66.7 Å². The second kappa shape index (κ2) is 15.0. The maximum Gasteiger partial charge on any atom is 0.0740 e. The van der Waals surface area contributed by atoms with Crippen LogP contribution in [0.2, 0.25) is 0 Å². The Balaban J connectivity index is 0.990. The third-order valence-corrected chi connectivity index (χ3v) is 16.4. The molecular formula is C63H49NS. The Bertz CT molecular complexity index is 3450. The Morgan fingerprint density at radius 3 is 2.25 bits per heavy atom. The Morgan fingerprint density at radius 2 is 1.43 bits per heavy atom. The number of aromatic nitrogens is 1. The Labute approximate surface area is 386 Å². The van der Waals surface area contributed by atoms with Gasteiger partial charge in [0.25, 0.3) is 0 Å². The molecular weight excluding hydrogens is 803 g/mol. The summed E-state index contributed by atoms with van der Waals surface area (Å²) in [6.07, 6.45) is 29.0. The van der Waals surface area contributed by atoms with Gasteiger partial charge in [-0.1, -0.05) is 202 Å². The summed E-state index contributed by atoms with van der Waals surface area (Å²) in [5.74, 6) is 0.816. The van der Waals surface area contributed by atoms with E-state index in [4.69, 9.17) is 0 Å². The molecule has 2 heteroatoms.